The smallest absolute Gasteiger partial charge is 0.329 e. The summed E-state index contributed by atoms with van der Waals surface area (Å²) in [6, 6.07) is 3.76. The van der Waals surface area contributed by atoms with E-state index in [1.54, 1.807) is 12.4 Å². The largest absolute Gasteiger partial charge is 0.391 e. The van der Waals surface area contributed by atoms with Crippen LogP contribution in [0, 0.1) is 5.92 Å². The van der Waals surface area contributed by atoms with Crippen LogP contribution in [0.15, 0.2) is 24.5 Å². The third-order valence-electron chi connectivity index (χ3n) is 4.64. The molecule has 1 aliphatic carbocycles. The Morgan fingerprint density at radius 1 is 1.38 bits per heavy atom. The lowest BCUT2D eigenvalue weighted by molar-refractivity contribution is -0.193. The molecule has 0 radical (unpaired) electrons. The second-order valence-corrected chi connectivity index (χ2v) is 5.97. The number of aromatic nitrogens is 1. The summed E-state index contributed by atoms with van der Waals surface area (Å²) in [4.78, 5) is 5.94. The van der Waals surface area contributed by atoms with Crippen LogP contribution in [0.2, 0.25) is 0 Å². The molecule has 0 aromatic carbocycles. The number of pyridine rings is 1. The molecule has 0 aliphatic heterocycles. The topological polar surface area (TPSA) is 42.2 Å². The van der Waals surface area contributed by atoms with Crippen LogP contribution < -0.4 is 5.73 Å². The van der Waals surface area contributed by atoms with Crippen molar-refractivity contribution in [1.82, 2.24) is 9.88 Å². The summed E-state index contributed by atoms with van der Waals surface area (Å²) in [7, 11) is 1.87. The highest BCUT2D eigenvalue weighted by atomic mass is 19.4. The highest BCUT2D eigenvalue weighted by molar-refractivity contribution is 5.11. The Kier molecular flexibility index (Phi) is 4.88. The van der Waals surface area contributed by atoms with E-state index in [4.69, 9.17) is 5.73 Å². The molecule has 1 aliphatic rings. The molecule has 21 heavy (non-hydrogen) atoms. The molecule has 2 unspecified atom stereocenters. The van der Waals surface area contributed by atoms with E-state index in [9.17, 15) is 13.2 Å². The summed E-state index contributed by atoms with van der Waals surface area (Å²) < 4.78 is 39.1. The summed E-state index contributed by atoms with van der Waals surface area (Å²) in [5.41, 5.74) is 6.35. The SMILES string of the molecule is CN(Cc1ccncc1)C1(CN)CCCC(C(F)(F)F)C1. The second-order valence-electron chi connectivity index (χ2n) is 5.97. The van der Waals surface area contributed by atoms with E-state index >= 15 is 0 Å². The number of likely N-dealkylation sites (N-methyl/N-ethyl adjacent to an activating group) is 1. The number of nitrogens with two attached hydrogens (primary N) is 1. The first kappa shape index (κ1) is 16.2. The van der Waals surface area contributed by atoms with Gasteiger partial charge in [-0.2, -0.15) is 13.2 Å². The zero-order valence-electron chi connectivity index (χ0n) is 12.2. The van der Waals surface area contributed by atoms with Crippen LogP contribution >= 0.6 is 0 Å². The average molecular weight is 301 g/mol. The van der Waals surface area contributed by atoms with E-state index in [2.05, 4.69) is 4.98 Å². The van der Waals surface area contributed by atoms with E-state index in [1.807, 2.05) is 24.1 Å². The standard InChI is InChI=1S/C15H22F3N3/c1-21(10-12-4-7-20-8-5-12)14(11-19)6-2-3-13(9-14)15(16,17)18/h4-5,7-8,13H,2-3,6,9-11,19H2,1H3. The molecule has 0 bridgehead atoms. The van der Waals surface area contributed by atoms with Gasteiger partial charge in [0.2, 0.25) is 0 Å². The summed E-state index contributed by atoms with van der Waals surface area (Å²) in [6.45, 7) is 0.839. The molecule has 1 saturated carbocycles. The molecule has 1 heterocycles. The lowest BCUT2D eigenvalue weighted by Crippen LogP contribution is -2.55. The summed E-state index contributed by atoms with van der Waals surface area (Å²) in [5.74, 6) is -1.24. The normalized spacial score (nSPS) is 27.0. The van der Waals surface area contributed by atoms with Gasteiger partial charge >= 0.3 is 6.18 Å². The van der Waals surface area contributed by atoms with Gasteiger partial charge in [-0.1, -0.05) is 6.42 Å². The molecule has 2 N–H and O–H groups in total. The highest BCUT2D eigenvalue weighted by Crippen LogP contribution is 2.43. The van der Waals surface area contributed by atoms with Crippen LogP contribution in [0.4, 0.5) is 13.2 Å². The molecule has 0 saturated heterocycles. The summed E-state index contributed by atoms with van der Waals surface area (Å²) in [5, 5.41) is 0. The van der Waals surface area contributed by atoms with E-state index in [0.29, 0.717) is 13.0 Å². The maximum Gasteiger partial charge on any atom is 0.391 e. The van der Waals surface area contributed by atoms with E-state index < -0.39 is 17.6 Å². The van der Waals surface area contributed by atoms with Gasteiger partial charge in [-0.3, -0.25) is 9.88 Å². The third kappa shape index (κ3) is 3.74. The number of alkyl halides is 3. The van der Waals surface area contributed by atoms with Crippen molar-refractivity contribution < 1.29 is 13.2 Å². The van der Waals surface area contributed by atoms with Gasteiger partial charge in [0.15, 0.2) is 0 Å². The van der Waals surface area contributed by atoms with Crippen LogP contribution in [0.1, 0.15) is 31.2 Å². The molecular formula is C15H22F3N3. The minimum atomic E-state index is -4.13. The number of hydrogen-bond donors (Lipinski definition) is 1. The van der Waals surface area contributed by atoms with E-state index in [-0.39, 0.29) is 19.4 Å². The number of hydrogen-bond acceptors (Lipinski definition) is 3. The highest BCUT2D eigenvalue weighted by Gasteiger charge is 2.48. The van der Waals surface area contributed by atoms with Gasteiger partial charge in [0.1, 0.15) is 0 Å². The Bertz CT molecular complexity index is 449. The van der Waals surface area contributed by atoms with Crippen LogP contribution in [-0.4, -0.2) is 35.2 Å². The molecular weight excluding hydrogens is 279 g/mol. The van der Waals surface area contributed by atoms with Crippen molar-refractivity contribution in [1.29, 1.82) is 0 Å². The Labute approximate surface area is 123 Å². The first-order valence-corrected chi connectivity index (χ1v) is 7.24. The molecule has 1 fully saturated rings. The third-order valence-corrected chi connectivity index (χ3v) is 4.64. The van der Waals surface area contributed by atoms with Gasteiger partial charge in [0.25, 0.3) is 0 Å². The number of halogens is 3. The molecule has 0 amide bonds. The van der Waals surface area contributed by atoms with Crippen molar-refractivity contribution >= 4 is 0 Å². The van der Waals surface area contributed by atoms with Gasteiger partial charge in [-0.05, 0) is 44.0 Å². The lowest BCUT2D eigenvalue weighted by atomic mass is 9.74. The molecule has 2 rings (SSSR count). The minimum Gasteiger partial charge on any atom is -0.329 e. The maximum atomic E-state index is 13.0. The first-order valence-electron chi connectivity index (χ1n) is 7.24. The Balaban J connectivity index is 2.12. The summed E-state index contributed by atoms with van der Waals surface area (Å²) >= 11 is 0. The number of nitrogens with zero attached hydrogens (tertiary/aromatic N) is 2. The predicted octanol–water partition coefficient (Wildman–Crippen LogP) is 2.96. The van der Waals surface area contributed by atoms with E-state index in [0.717, 1.165) is 12.0 Å². The maximum absolute atomic E-state index is 13.0. The molecule has 2 atom stereocenters. The van der Waals surface area contributed by atoms with Crippen molar-refractivity contribution in [3.63, 3.8) is 0 Å². The van der Waals surface area contributed by atoms with Gasteiger partial charge in [0, 0.05) is 31.0 Å². The Morgan fingerprint density at radius 3 is 2.62 bits per heavy atom. The van der Waals surface area contributed by atoms with Gasteiger partial charge in [0.05, 0.1) is 5.92 Å². The van der Waals surface area contributed by atoms with Crippen molar-refractivity contribution in [2.24, 2.45) is 11.7 Å². The quantitative estimate of drug-likeness (QED) is 0.929. The van der Waals surface area contributed by atoms with Crippen molar-refractivity contribution in [2.75, 3.05) is 13.6 Å². The fraction of sp³-hybridized carbons (Fsp3) is 0.667. The molecule has 0 spiro atoms. The van der Waals surface area contributed by atoms with Crippen LogP contribution in [0.5, 0.6) is 0 Å². The second kappa shape index (κ2) is 6.32. The number of rotatable bonds is 4. The lowest BCUT2D eigenvalue weighted by Gasteiger charge is -2.47. The van der Waals surface area contributed by atoms with Crippen LogP contribution in [0.25, 0.3) is 0 Å². The summed E-state index contributed by atoms with van der Waals surface area (Å²) in [6.07, 6.45) is 0.858. The van der Waals surface area contributed by atoms with Crippen LogP contribution in [-0.2, 0) is 6.54 Å². The predicted molar refractivity (Wildman–Crippen MR) is 75.5 cm³/mol. The van der Waals surface area contributed by atoms with Gasteiger partial charge in [-0.15, -0.1) is 0 Å². The monoisotopic (exact) mass is 301 g/mol. The van der Waals surface area contributed by atoms with E-state index in [1.165, 1.54) is 0 Å². The molecule has 3 nitrogen and oxygen atoms in total. The molecule has 1 aromatic heterocycles. The zero-order chi connectivity index (χ0) is 15.5. The average Bonchev–Trinajstić information content (AvgIpc) is 2.47. The first-order chi connectivity index (χ1) is 9.87. The molecule has 1 aromatic rings. The molecule has 6 heteroatoms. The van der Waals surface area contributed by atoms with Gasteiger partial charge < -0.3 is 5.73 Å². The zero-order valence-corrected chi connectivity index (χ0v) is 12.2. The fourth-order valence-corrected chi connectivity index (χ4v) is 3.24. The molecule has 118 valence electrons. The Morgan fingerprint density at radius 2 is 2.05 bits per heavy atom. The van der Waals surface area contributed by atoms with Crippen molar-refractivity contribution in [2.45, 2.75) is 43.9 Å². The van der Waals surface area contributed by atoms with Crippen molar-refractivity contribution in [3.8, 4) is 0 Å². The van der Waals surface area contributed by atoms with Gasteiger partial charge in [-0.25, -0.2) is 0 Å². The van der Waals surface area contributed by atoms with Crippen molar-refractivity contribution in [3.05, 3.63) is 30.1 Å². The van der Waals surface area contributed by atoms with Crippen LogP contribution in [0.3, 0.4) is 0 Å². The minimum absolute atomic E-state index is 0.0918. The Hall–Kier alpha value is -1.14. The fourth-order valence-electron chi connectivity index (χ4n) is 3.24.